The Kier molecular flexibility index (Phi) is 1.89. The molecule has 0 radical (unpaired) electrons. The lowest BCUT2D eigenvalue weighted by Crippen LogP contribution is -2.37. The maximum atomic E-state index is 10.8. The van der Waals surface area contributed by atoms with E-state index in [0.717, 1.165) is 6.42 Å². The quantitative estimate of drug-likeness (QED) is 0.409. The van der Waals surface area contributed by atoms with Crippen LogP contribution in [-0.4, -0.2) is 12.3 Å². The molecule has 2 unspecified atom stereocenters. The lowest BCUT2D eigenvalue weighted by Gasteiger charge is -1.98. The maximum Gasteiger partial charge on any atom is 0.241 e. The van der Waals surface area contributed by atoms with Crippen molar-refractivity contribution in [2.75, 3.05) is 0 Å². The normalized spacial score (nSPS) is 28.9. The van der Waals surface area contributed by atoms with Gasteiger partial charge in [-0.25, -0.2) is 0 Å². The minimum Gasteiger partial charge on any atom is -0.277 e. The molecule has 0 aromatic heterocycles. The van der Waals surface area contributed by atoms with Gasteiger partial charge < -0.3 is 0 Å². The first-order valence-corrected chi connectivity index (χ1v) is 3.24. The van der Waals surface area contributed by atoms with Crippen LogP contribution in [0.3, 0.4) is 0 Å². The van der Waals surface area contributed by atoms with Crippen molar-refractivity contribution in [3.05, 3.63) is 0 Å². The monoisotopic (exact) mass is 142 g/mol. The minimum atomic E-state index is -0.0837. The van der Waals surface area contributed by atoms with Crippen LogP contribution in [0.4, 0.5) is 0 Å². The van der Waals surface area contributed by atoms with Gasteiger partial charge in [0.2, 0.25) is 12.3 Å². The van der Waals surface area contributed by atoms with Gasteiger partial charge in [-0.3, -0.25) is 20.4 Å². The van der Waals surface area contributed by atoms with Crippen LogP contribution in [0.5, 0.6) is 0 Å². The van der Waals surface area contributed by atoms with Gasteiger partial charge >= 0.3 is 0 Å². The Hall–Kier alpha value is -1.06. The zero-order chi connectivity index (χ0) is 7.56. The SMILES string of the molecule is CC1CC1C(=O)NNC=O. The third-order valence-corrected chi connectivity index (χ3v) is 1.70. The van der Waals surface area contributed by atoms with Crippen molar-refractivity contribution in [3.63, 3.8) is 0 Å². The summed E-state index contributed by atoms with van der Waals surface area (Å²) in [5.74, 6) is 0.514. The summed E-state index contributed by atoms with van der Waals surface area (Å²) < 4.78 is 0. The van der Waals surface area contributed by atoms with Crippen LogP contribution in [0.25, 0.3) is 0 Å². The third kappa shape index (κ3) is 1.46. The number of hydrogen-bond donors (Lipinski definition) is 2. The second-order valence-electron chi connectivity index (χ2n) is 2.57. The molecule has 10 heavy (non-hydrogen) atoms. The van der Waals surface area contributed by atoms with Gasteiger partial charge in [-0.05, 0) is 12.3 Å². The first-order chi connectivity index (χ1) is 4.75. The molecule has 0 aromatic carbocycles. The van der Waals surface area contributed by atoms with Crippen molar-refractivity contribution in [1.29, 1.82) is 0 Å². The molecule has 2 amide bonds. The molecule has 1 saturated carbocycles. The van der Waals surface area contributed by atoms with Crippen molar-refractivity contribution >= 4 is 12.3 Å². The molecule has 0 heterocycles. The highest BCUT2D eigenvalue weighted by atomic mass is 16.2. The Labute approximate surface area is 59.0 Å². The van der Waals surface area contributed by atoms with Crippen LogP contribution in [0.15, 0.2) is 0 Å². The van der Waals surface area contributed by atoms with Gasteiger partial charge in [0.25, 0.3) is 0 Å². The molecule has 4 heteroatoms. The Morgan fingerprint density at radius 2 is 2.30 bits per heavy atom. The van der Waals surface area contributed by atoms with Gasteiger partial charge in [0.1, 0.15) is 0 Å². The summed E-state index contributed by atoms with van der Waals surface area (Å²) >= 11 is 0. The highest BCUT2D eigenvalue weighted by Crippen LogP contribution is 2.37. The van der Waals surface area contributed by atoms with Gasteiger partial charge in [-0.1, -0.05) is 6.92 Å². The Morgan fingerprint density at radius 1 is 1.70 bits per heavy atom. The number of rotatable bonds is 3. The average molecular weight is 142 g/mol. The van der Waals surface area contributed by atoms with E-state index in [1.54, 1.807) is 0 Å². The molecule has 1 aliphatic rings. The first-order valence-electron chi connectivity index (χ1n) is 3.24. The van der Waals surface area contributed by atoms with E-state index in [1.807, 2.05) is 6.92 Å². The summed E-state index contributed by atoms with van der Waals surface area (Å²) in [6.45, 7) is 2.01. The van der Waals surface area contributed by atoms with E-state index < -0.39 is 0 Å². The number of carbonyl (C=O) groups excluding carboxylic acids is 2. The predicted octanol–water partition coefficient (Wildman–Crippen LogP) is -0.580. The predicted molar refractivity (Wildman–Crippen MR) is 34.6 cm³/mol. The molecule has 0 saturated heterocycles. The molecule has 1 aliphatic carbocycles. The molecule has 0 bridgehead atoms. The van der Waals surface area contributed by atoms with Gasteiger partial charge in [-0.2, -0.15) is 0 Å². The summed E-state index contributed by atoms with van der Waals surface area (Å²) in [6.07, 6.45) is 1.39. The van der Waals surface area contributed by atoms with Gasteiger partial charge in [0.15, 0.2) is 0 Å². The molecule has 0 aliphatic heterocycles. The van der Waals surface area contributed by atoms with Crippen molar-refractivity contribution in [2.24, 2.45) is 11.8 Å². The molecule has 2 atom stereocenters. The van der Waals surface area contributed by atoms with E-state index in [4.69, 9.17) is 0 Å². The smallest absolute Gasteiger partial charge is 0.241 e. The van der Waals surface area contributed by atoms with Gasteiger partial charge in [-0.15, -0.1) is 0 Å². The molecule has 1 fully saturated rings. The third-order valence-electron chi connectivity index (χ3n) is 1.70. The van der Waals surface area contributed by atoms with Crippen molar-refractivity contribution in [1.82, 2.24) is 10.9 Å². The second-order valence-corrected chi connectivity index (χ2v) is 2.57. The lowest BCUT2D eigenvalue weighted by atomic mass is 10.3. The molecule has 0 aromatic rings. The van der Waals surface area contributed by atoms with Crippen LogP contribution in [0, 0.1) is 11.8 Å². The van der Waals surface area contributed by atoms with E-state index in [9.17, 15) is 9.59 Å². The van der Waals surface area contributed by atoms with E-state index in [-0.39, 0.29) is 11.8 Å². The fraction of sp³-hybridized carbons (Fsp3) is 0.667. The topological polar surface area (TPSA) is 58.2 Å². The minimum absolute atomic E-state index is 0.0837. The second kappa shape index (κ2) is 2.68. The number of amides is 2. The molecular weight excluding hydrogens is 132 g/mol. The van der Waals surface area contributed by atoms with Crippen LogP contribution < -0.4 is 10.9 Å². The number of hydrogen-bond acceptors (Lipinski definition) is 2. The van der Waals surface area contributed by atoms with Crippen molar-refractivity contribution in [2.45, 2.75) is 13.3 Å². The fourth-order valence-corrected chi connectivity index (χ4v) is 0.881. The summed E-state index contributed by atoms with van der Waals surface area (Å²) in [5.41, 5.74) is 4.38. The van der Waals surface area contributed by atoms with Crippen LogP contribution in [-0.2, 0) is 9.59 Å². The first kappa shape index (κ1) is 7.05. The Balaban J connectivity index is 2.16. The standard InChI is InChI=1S/C6H10N2O2/c1-4-2-5(4)6(10)8-7-3-9/h3-5H,2H2,1H3,(H,7,9)(H,8,10). The number of carbonyl (C=O) groups is 2. The van der Waals surface area contributed by atoms with E-state index in [2.05, 4.69) is 10.9 Å². The van der Waals surface area contributed by atoms with Crippen LogP contribution >= 0.6 is 0 Å². The molecule has 0 spiro atoms. The zero-order valence-corrected chi connectivity index (χ0v) is 5.76. The Morgan fingerprint density at radius 3 is 2.70 bits per heavy atom. The summed E-state index contributed by atoms with van der Waals surface area (Å²) in [7, 11) is 0. The summed E-state index contributed by atoms with van der Waals surface area (Å²) in [6, 6.07) is 0. The van der Waals surface area contributed by atoms with Crippen molar-refractivity contribution < 1.29 is 9.59 Å². The Bertz CT molecular complexity index is 158. The van der Waals surface area contributed by atoms with E-state index in [0.29, 0.717) is 12.3 Å². The van der Waals surface area contributed by atoms with Gasteiger partial charge in [0.05, 0.1) is 0 Å². The molecule has 4 nitrogen and oxygen atoms in total. The molecule has 1 rings (SSSR count). The highest BCUT2D eigenvalue weighted by Gasteiger charge is 2.38. The van der Waals surface area contributed by atoms with Crippen LogP contribution in [0.1, 0.15) is 13.3 Å². The zero-order valence-electron chi connectivity index (χ0n) is 5.76. The number of hydrazine groups is 1. The number of nitrogens with one attached hydrogen (secondary N) is 2. The fourth-order valence-electron chi connectivity index (χ4n) is 0.881. The van der Waals surface area contributed by atoms with Crippen molar-refractivity contribution in [3.8, 4) is 0 Å². The summed E-state index contributed by atoms with van der Waals surface area (Å²) in [5, 5.41) is 0. The van der Waals surface area contributed by atoms with E-state index in [1.165, 1.54) is 0 Å². The maximum absolute atomic E-state index is 10.8. The molecular formula is C6H10N2O2. The lowest BCUT2D eigenvalue weighted by molar-refractivity contribution is -0.125. The summed E-state index contributed by atoms with van der Waals surface area (Å²) in [4.78, 5) is 20.6. The van der Waals surface area contributed by atoms with E-state index >= 15 is 0 Å². The molecule has 2 N–H and O–H groups in total. The molecule has 56 valence electrons. The largest absolute Gasteiger partial charge is 0.277 e. The highest BCUT2D eigenvalue weighted by molar-refractivity contribution is 5.81. The van der Waals surface area contributed by atoms with Crippen LogP contribution in [0.2, 0.25) is 0 Å². The van der Waals surface area contributed by atoms with Gasteiger partial charge in [0, 0.05) is 5.92 Å². The average Bonchev–Trinajstić information content (AvgIpc) is 2.62.